The Labute approximate surface area is 158 Å². The van der Waals surface area contributed by atoms with Crippen molar-refractivity contribution in [3.8, 4) is 0 Å². The van der Waals surface area contributed by atoms with E-state index in [1.54, 1.807) is 0 Å². The predicted molar refractivity (Wildman–Crippen MR) is 99.9 cm³/mol. The summed E-state index contributed by atoms with van der Waals surface area (Å²) >= 11 is 0. The fraction of sp³-hybridized carbons (Fsp3) is 0.722. The second-order valence-corrected chi connectivity index (χ2v) is 7.79. The second kappa shape index (κ2) is 7.92. The number of aliphatic hydroxyl groups excluding tert-OH is 1. The van der Waals surface area contributed by atoms with Crippen LogP contribution in [-0.2, 0) is 0 Å². The van der Waals surface area contributed by atoms with Crippen LogP contribution in [0.2, 0.25) is 0 Å². The summed E-state index contributed by atoms with van der Waals surface area (Å²) in [6.07, 6.45) is 3.57. The standard InChI is InChI=1S/C18H27F2N5O2.H2/c1-10-2-3-12(8-14(10)26)23-16-13(15(21)27)9-22-17(25-16)24-11-4-6-18(19,20)7-5-11;/h9-12,14,26H,2-8H2,1H3,(H2,21,27)(H2,22,23,24,25);1H/t10-,12?,14-;/m1./s1. The third-order valence-corrected chi connectivity index (χ3v) is 5.60. The maximum atomic E-state index is 13.3. The Balaban J connectivity index is 0.00000280. The quantitative estimate of drug-likeness (QED) is 0.620. The molecule has 0 bridgehead atoms. The van der Waals surface area contributed by atoms with Crippen molar-refractivity contribution < 1.29 is 20.1 Å². The number of nitrogens with two attached hydrogens (primary N) is 1. The zero-order chi connectivity index (χ0) is 19.6. The summed E-state index contributed by atoms with van der Waals surface area (Å²) in [6, 6.07) is -0.153. The van der Waals surface area contributed by atoms with Crippen LogP contribution < -0.4 is 16.4 Å². The van der Waals surface area contributed by atoms with Crippen LogP contribution in [0.15, 0.2) is 6.20 Å². The Morgan fingerprint density at radius 1 is 1.26 bits per heavy atom. The van der Waals surface area contributed by atoms with Crippen LogP contribution in [0.5, 0.6) is 0 Å². The van der Waals surface area contributed by atoms with Crippen molar-refractivity contribution in [2.45, 2.75) is 76.0 Å². The summed E-state index contributed by atoms with van der Waals surface area (Å²) in [5.41, 5.74) is 5.59. The summed E-state index contributed by atoms with van der Waals surface area (Å²) in [5, 5.41) is 16.4. The van der Waals surface area contributed by atoms with E-state index in [-0.39, 0.29) is 43.8 Å². The molecule has 3 rings (SSSR count). The summed E-state index contributed by atoms with van der Waals surface area (Å²) in [7, 11) is 0. The van der Waals surface area contributed by atoms with Gasteiger partial charge in [-0.25, -0.2) is 13.8 Å². The first-order valence-corrected chi connectivity index (χ1v) is 9.49. The zero-order valence-corrected chi connectivity index (χ0v) is 15.4. The van der Waals surface area contributed by atoms with Crippen molar-refractivity contribution in [3.63, 3.8) is 0 Å². The number of carbonyl (C=O) groups is 1. The van der Waals surface area contributed by atoms with Gasteiger partial charge in [0.1, 0.15) is 5.82 Å². The van der Waals surface area contributed by atoms with Crippen molar-refractivity contribution in [3.05, 3.63) is 11.8 Å². The van der Waals surface area contributed by atoms with Crippen LogP contribution in [0.1, 0.15) is 63.7 Å². The van der Waals surface area contributed by atoms with Gasteiger partial charge in [-0.2, -0.15) is 4.98 Å². The first kappa shape index (κ1) is 19.7. The highest BCUT2D eigenvalue weighted by Crippen LogP contribution is 2.34. The molecule has 0 saturated heterocycles. The normalized spacial score (nSPS) is 28.5. The first-order valence-electron chi connectivity index (χ1n) is 9.49. The topological polar surface area (TPSA) is 113 Å². The molecule has 5 N–H and O–H groups in total. The fourth-order valence-electron chi connectivity index (χ4n) is 3.73. The fourth-order valence-corrected chi connectivity index (χ4v) is 3.73. The monoisotopic (exact) mass is 385 g/mol. The van der Waals surface area contributed by atoms with E-state index in [9.17, 15) is 18.7 Å². The molecule has 1 heterocycles. The van der Waals surface area contributed by atoms with Gasteiger partial charge in [0, 0.05) is 32.5 Å². The minimum atomic E-state index is -2.60. The molecule has 0 radical (unpaired) electrons. The molecule has 0 aliphatic heterocycles. The van der Waals surface area contributed by atoms with E-state index in [1.807, 2.05) is 6.92 Å². The van der Waals surface area contributed by atoms with E-state index in [4.69, 9.17) is 5.73 Å². The number of carbonyl (C=O) groups excluding carboxylic acids is 1. The van der Waals surface area contributed by atoms with Crippen LogP contribution >= 0.6 is 0 Å². The van der Waals surface area contributed by atoms with Crippen molar-refractivity contribution in [2.24, 2.45) is 11.7 Å². The molecule has 9 heteroatoms. The number of aromatic nitrogens is 2. The Morgan fingerprint density at radius 2 is 1.96 bits per heavy atom. The van der Waals surface area contributed by atoms with Crippen LogP contribution in [0, 0.1) is 5.92 Å². The highest BCUT2D eigenvalue weighted by Gasteiger charge is 2.35. The lowest BCUT2D eigenvalue weighted by molar-refractivity contribution is -0.0361. The van der Waals surface area contributed by atoms with Gasteiger partial charge in [0.05, 0.1) is 11.7 Å². The molecule has 1 unspecified atom stereocenters. The number of halogens is 2. The van der Waals surface area contributed by atoms with Crippen molar-refractivity contribution in [1.29, 1.82) is 0 Å². The third-order valence-electron chi connectivity index (χ3n) is 5.60. The first-order chi connectivity index (χ1) is 12.7. The van der Waals surface area contributed by atoms with E-state index < -0.39 is 17.9 Å². The van der Waals surface area contributed by atoms with Gasteiger partial charge in [0.25, 0.3) is 5.91 Å². The highest BCUT2D eigenvalue weighted by molar-refractivity contribution is 5.97. The minimum Gasteiger partial charge on any atom is -0.393 e. The van der Waals surface area contributed by atoms with Gasteiger partial charge in [-0.1, -0.05) is 6.92 Å². The van der Waals surface area contributed by atoms with Crippen LogP contribution in [-0.4, -0.2) is 45.1 Å². The van der Waals surface area contributed by atoms with Gasteiger partial charge >= 0.3 is 0 Å². The van der Waals surface area contributed by atoms with Crippen molar-refractivity contribution in [1.82, 2.24) is 9.97 Å². The second-order valence-electron chi connectivity index (χ2n) is 7.79. The van der Waals surface area contributed by atoms with Gasteiger partial charge < -0.3 is 21.5 Å². The Hall–Kier alpha value is -2.03. The van der Waals surface area contributed by atoms with E-state index in [1.165, 1.54) is 6.20 Å². The minimum absolute atomic E-state index is 0. The molecule has 3 atom stereocenters. The Kier molecular flexibility index (Phi) is 5.78. The number of nitrogens with one attached hydrogen (secondary N) is 2. The lowest BCUT2D eigenvalue weighted by Gasteiger charge is -2.32. The molecule has 1 aromatic rings. The third kappa shape index (κ3) is 5.03. The predicted octanol–water partition coefficient (Wildman–Crippen LogP) is 2.77. The number of alkyl halides is 2. The summed E-state index contributed by atoms with van der Waals surface area (Å²) in [4.78, 5) is 20.2. The number of aliphatic hydroxyl groups is 1. The summed E-state index contributed by atoms with van der Waals surface area (Å²) in [6.45, 7) is 2.01. The lowest BCUT2D eigenvalue weighted by atomic mass is 9.85. The molecular weight excluding hydrogens is 356 g/mol. The SMILES string of the molecule is C[C@@H]1CCC(Nc2nc(NC3CCC(F)(F)CC3)ncc2C(N)=O)C[C@H]1O.[HH]. The summed E-state index contributed by atoms with van der Waals surface area (Å²) in [5.74, 6) is -2.41. The molecule has 7 nitrogen and oxygen atoms in total. The number of amides is 1. The van der Waals surface area contributed by atoms with Gasteiger partial charge in [-0.15, -0.1) is 0 Å². The van der Waals surface area contributed by atoms with Gasteiger partial charge in [0.2, 0.25) is 11.9 Å². The number of hydrogen-bond acceptors (Lipinski definition) is 6. The molecule has 1 aromatic heterocycles. The molecule has 27 heavy (non-hydrogen) atoms. The number of hydrogen-bond donors (Lipinski definition) is 4. The number of rotatable bonds is 5. The largest absolute Gasteiger partial charge is 0.393 e. The van der Waals surface area contributed by atoms with Gasteiger partial charge in [0.15, 0.2) is 0 Å². The van der Waals surface area contributed by atoms with E-state index in [0.717, 1.165) is 12.8 Å². The molecule has 152 valence electrons. The van der Waals surface area contributed by atoms with E-state index in [0.29, 0.717) is 25.1 Å². The van der Waals surface area contributed by atoms with E-state index in [2.05, 4.69) is 20.6 Å². The highest BCUT2D eigenvalue weighted by atomic mass is 19.3. The molecule has 0 spiro atoms. The average molecular weight is 385 g/mol. The average Bonchev–Trinajstić information content (AvgIpc) is 2.60. The van der Waals surface area contributed by atoms with Crippen LogP contribution in [0.4, 0.5) is 20.5 Å². The molecule has 2 saturated carbocycles. The number of nitrogens with zero attached hydrogens (tertiary/aromatic N) is 2. The smallest absolute Gasteiger partial charge is 0.254 e. The Morgan fingerprint density at radius 3 is 2.59 bits per heavy atom. The maximum Gasteiger partial charge on any atom is 0.254 e. The van der Waals surface area contributed by atoms with Crippen LogP contribution in [0.3, 0.4) is 0 Å². The lowest BCUT2D eigenvalue weighted by Crippen LogP contribution is -2.36. The Bertz CT molecular complexity index is 684. The summed E-state index contributed by atoms with van der Waals surface area (Å²) < 4.78 is 26.6. The zero-order valence-electron chi connectivity index (χ0n) is 15.4. The molecule has 2 aliphatic carbocycles. The molecule has 2 aliphatic rings. The molecule has 2 fully saturated rings. The van der Waals surface area contributed by atoms with Gasteiger partial charge in [-0.3, -0.25) is 4.79 Å². The number of primary amides is 1. The van der Waals surface area contributed by atoms with Gasteiger partial charge in [-0.05, 0) is 38.0 Å². The van der Waals surface area contributed by atoms with E-state index >= 15 is 0 Å². The number of anilines is 2. The van der Waals surface area contributed by atoms with Crippen LogP contribution in [0.25, 0.3) is 0 Å². The molecule has 0 aromatic carbocycles. The maximum absolute atomic E-state index is 13.3. The van der Waals surface area contributed by atoms with Crippen molar-refractivity contribution >= 4 is 17.7 Å². The molecule has 1 amide bonds. The van der Waals surface area contributed by atoms with Crippen molar-refractivity contribution in [2.75, 3.05) is 10.6 Å². The molecular formula is C18H29F2N5O2.